The highest BCUT2D eigenvalue weighted by atomic mass is 35.5. The molecule has 0 saturated carbocycles. The van der Waals surface area contributed by atoms with E-state index in [4.69, 9.17) is 11.6 Å². The van der Waals surface area contributed by atoms with E-state index in [2.05, 4.69) is 16.3 Å². The van der Waals surface area contributed by atoms with E-state index in [1.807, 2.05) is 12.1 Å². The third-order valence-corrected chi connectivity index (χ3v) is 3.58. The summed E-state index contributed by atoms with van der Waals surface area (Å²) >= 11 is 6.16. The first-order valence-electron chi connectivity index (χ1n) is 5.05. The van der Waals surface area contributed by atoms with E-state index in [0.29, 0.717) is 0 Å². The van der Waals surface area contributed by atoms with Gasteiger partial charge in [-0.05, 0) is 17.2 Å². The first-order valence-corrected chi connectivity index (χ1v) is 5.43. The van der Waals surface area contributed by atoms with E-state index in [-0.39, 0.29) is 0 Å². The minimum absolute atomic E-state index is 0.721. The van der Waals surface area contributed by atoms with Gasteiger partial charge in [-0.25, -0.2) is 0 Å². The lowest BCUT2D eigenvalue weighted by atomic mass is 10.1. The molecule has 74 valence electrons. The third-order valence-electron chi connectivity index (χ3n) is 3.23. The molecule has 1 N–H and O–H groups in total. The topological polar surface area (TPSA) is 15.3 Å². The summed E-state index contributed by atoms with van der Waals surface area (Å²) in [6.07, 6.45) is 0. The van der Waals surface area contributed by atoms with Gasteiger partial charge in [-0.15, -0.1) is 0 Å². The Balaban J connectivity index is 1.86. The van der Waals surface area contributed by atoms with E-state index in [0.717, 1.165) is 37.2 Å². The molecule has 0 aromatic heterocycles. The van der Waals surface area contributed by atoms with Crippen LogP contribution >= 0.6 is 11.6 Å². The van der Waals surface area contributed by atoms with E-state index < -0.39 is 0 Å². The summed E-state index contributed by atoms with van der Waals surface area (Å²) in [5, 5.41) is 4.23. The van der Waals surface area contributed by atoms with Gasteiger partial charge in [-0.2, -0.15) is 0 Å². The van der Waals surface area contributed by atoms with Gasteiger partial charge in [0.25, 0.3) is 0 Å². The lowest BCUT2D eigenvalue weighted by molar-refractivity contribution is 0.145. The normalized spacial score (nSPS) is 22.1. The molecule has 0 atom stereocenters. The SMILES string of the molecule is Clc1cccc2c1CN(C1CNC1)C2. The number of benzene rings is 1. The summed E-state index contributed by atoms with van der Waals surface area (Å²) in [6, 6.07) is 6.94. The van der Waals surface area contributed by atoms with Crippen molar-refractivity contribution >= 4 is 11.6 Å². The lowest BCUT2D eigenvalue weighted by Gasteiger charge is -2.35. The molecular weight excluding hydrogens is 196 g/mol. The molecule has 2 aliphatic rings. The van der Waals surface area contributed by atoms with Gasteiger partial charge in [-0.1, -0.05) is 23.7 Å². The Morgan fingerprint density at radius 3 is 2.79 bits per heavy atom. The van der Waals surface area contributed by atoms with E-state index in [9.17, 15) is 0 Å². The number of rotatable bonds is 1. The van der Waals surface area contributed by atoms with Crippen LogP contribution in [0.3, 0.4) is 0 Å². The van der Waals surface area contributed by atoms with Gasteiger partial charge in [0.2, 0.25) is 0 Å². The summed E-state index contributed by atoms with van der Waals surface area (Å²) in [5.74, 6) is 0. The highest BCUT2D eigenvalue weighted by Crippen LogP contribution is 2.30. The van der Waals surface area contributed by atoms with E-state index >= 15 is 0 Å². The van der Waals surface area contributed by atoms with Gasteiger partial charge in [0.1, 0.15) is 0 Å². The molecule has 3 heteroatoms. The minimum Gasteiger partial charge on any atom is -0.314 e. The van der Waals surface area contributed by atoms with Crippen molar-refractivity contribution in [1.82, 2.24) is 10.2 Å². The van der Waals surface area contributed by atoms with Gasteiger partial charge in [0.05, 0.1) is 0 Å². The van der Waals surface area contributed by atoms with Crippen molar-refractivity contribution in [2.24, 2.45) is 0 Å². The molecule has 0 amide bonds. The van der Waals surface area contributed by atoms with Crippen molar-refractivity contribution in [2.45, 2.75) is 19.1 Å². The Morgan fingerprint density at radius 1 is 1.29 bits per heavy atom. The number of hydrogen-bond donors (Lipinski definition) is 1. The maximum absolute atomic E-state index is 6.16. The first-order chi connectivity index (χ1) is 6.84. The van der Waals surface area contributed by atoms with Crippen molar-refractivity contribution in [3.63, 3.8) is 0 Å². The summed E-state index contributed by atoms with van der Waals surface area (Å²) in [6.45, 7) is 4.36. The summed E-state index contributed by atoms with van der Waals surface area (Å²) in [4.78, 5) is 2.51. The average Bonchev–Trinajstić information content (AvgIpc) is 2.46. The average molecular weight is 209 g/mol. The Morgan fingerprint density at radius 2 is 2.14 bits per heavy atom. The van der Waals surface area contributed by atoms with Gasteiger partial charge in [0.15, 0.2) is 0 Å². The zero-order valence-corrected chi connectivity index (χ0v) is 8.72. The fourth-order valence-corrected chi connectivity index (χ4v) is 2.45. The minimum atomic E-state index is 0.721. The van der Waals surface area contributed by atoms with Gasteiger partial charge >= 0.3 is 0 Å². The molecule has 1 aromatic carbocycles. The van der Waals surface area contributed by atoms with E-state index in [1.54, 1.807) is 0 Å². The second-order valence-corrected chi connectivity index (χ2v) is 4.50. The fraction of sp³-hybridized carbons (Fsp3) is 0.455. The Hall–Kier alpha value is -0.570. The number of halogens is 1. The van der Waals surface area contributed by atoms with Crippen LogP contribution < -0.4 is 5.32 Å². The number of nitrogens with zero attached hydrogens (tertiary/aromatic N) is 1. The second kappa shape index (κ2) is 3.23. The van der Waals surface area contributed by atoms with Crippen LogP contribution in [0, 0.1) is 0 Å². The lowest BCUT2D eigenvalue weighted by Crippen LogP contribution is -2.55. The Bertz CT molecular complexity index is 360. The number of nitrogens with one attached hydrogen (secondary N) is 1. The largest absolute Gasteiger partial charge is 0.314 e. The van der Waals surface area contributed by atoms with Gasteiger partial charge < -0.3 is 5.32 Å². The van der Waals surface area contributed by atoms with Crippen molar-refractivity contribution in [3.05, 3.63) is 34.3 Å². The van der Waals surface area contributed by atoms with Crippen LogP contribution in [0.15, 0.2) is 18.2 Å². The summed E-state index contributed by atoms with van der Waals surface area (Å²) in [5.41, 5.74) is 2.74. The van der Waals surface area contributed by atoms with Crippen molar-refractivity contribution in [1.29, 1.82) is 0 Å². The van der Waals surface area contributed by atoms with Crippen LogP contribution in [-0.4, -0.2) is 24.0 Å². The second-order valence-electron chi connectivity index (χ2n) is 4.09. The molecule has 1 saturated heterocycles. The monoisotopic (exact) mass is 208 g/mol. The number of fused-ring (bicyclic) bond motifs is 1. The van der Waals surface area contributed by atoms with Gasteiger partial charge in [0, 0.05) is 37.2 Å². The highest BCUT2D eigenvalue weighted by molar-refractivity contribution is 6.31. The predicted octanol–water partition coefficient (Wildman–Crippen LogP) is 1.63. The first kappa shape index (κ1) is 8.72. The predicted molar refractivity (Wildman–Crippen MR) is 57.4 cm³/mol. The van der Waals surface area contributed by atoms with Crippen LogP contribution in [0.4, 0.5) is 0 Å². The van der Waals surface area contributed by atoms with Crippen LogP contribution in [0.2, 0.25) is 5.02 Å². The Kier molecular flexibility index (Phi) is 2.01. The molecule has 0 bridgehead atoms. The molecule has 2 heterocycles. The van der Waals surface area contributed by atoms with Crippen LogP contribution in [0.5, 0.6) is 0 Å². The quantitative estimate of drug-likeness (QED) is 0.755. The van der Waals surface area contributed by atoms with Crippen molar-refractivity contribution in [3.8, 4) is 0 Å². The smallest absolute Gasteiger partial charge is 0.0454 e. The van der Waals surface area contributed by atoms with Crippen molar-refractivity contribution in [2.75, 3.05) is 13.1 Å². The molecule has 0 radical (unpaired) electrons. The molecular formula is C11H13ClN2. The molecule has 2 nitrogen and oxygen atoms in total. The van der Waals surface area contributed by atoms with E-state index in [1.165, 1.54) is 11.1 Å². The third kappa shape index (κ3) is 1.26. The number of hydrogen-bond acceptors (Lipinski definition) is 2. The molecule has 1 aromatic rings. The van der Waals surface area contributed by atoms with Crippen LogP contribution in [0.25, 0.3) is 0 Å². The fourth-order valence-electron chi connectivity index (χ4n) is 2.20. The summed E-state index contributed by atoms with van der Waals surface area (Å²) in [7, 11) is 0. The maximum atomic E-state index is 6.16. The molecule has 2 aliphatic heterocycles. The zero-order valence-electron chi connectivity index (χ0n) is 7.96. The standard InChI is InChI=1S/C11H13ClN2/c12-11-3-1-2-8-6-14(7-10(8)11)9-4-13-5-9/h1-3,9,13H,4-7H2. The zero-order chi connectivity index (χ0) is 9.54. The molecule has 0 unspecified atom stereocenters. The molecule has 0 spiro atoms. The maximum Gasteiger partial charge on any atom is 0.0454 e. The highest BCUT2D eigenvalue weighted by Gasteiger charge is 2.30. The molecule has 14 heavy (non-hydrogen) atoms. The van der Waals surface area contributed by atoms with Crippen LogP contribution in [-0.2, 0) is 13.1 Å². The van der Waals surface area contributed by atoms with Gasteiger partial charge in [-0.3, -0.25) is 4.90 Å². The Labute approximate surface area is 88.9 Å². The molecule has 1 fully saturated rings. The molecule has 0 aliphatic carbocycles. The summed E-state index contributed by atoms with van der Waals surface area (Å²) < 4.78 is 0. The van der Waals surface area contributed by atoms with Crippen molar-refractivity contribution < 1.29 is 0 Å². The molecule has 3 rings (SSSR count). The van der Waals surface area contributed by atoms with Crippen LogP contribution in [0.1, 0.15) is 11.1 Å².